The first-order chi connectivity index (χ1) is 32.2. The number of carbonyl (C=O) groups excluding carboxylic acids is 2. The number of benzene rings is 4. The maximum absolute atomic E-state index is 15.6. The van der Waals surface area contributed by atoms with Gasteiger partial charge >= 0.3 is 11.9 Å². The average molecular weight is 964 g/mol. The number of anilines is 1. The maximum Gasteiger partial charge on any atom is 0.343 e. The molecule has 2 aromatic heterocycles. The predicted molar refractivity (Wildman–Crippen MR) is 250 cm³/mol. The smallest absolute Gasteiger partial charge is 0.343 e. The number of hydrogen-bond donors (Lipinski definition) is 1. The normalized spacial score (nSPS) is 15.3. The van der Waals surface area contributed by atoms with E-state index in [9.17, 15) is 28.0 Å². The molecule has 0 atom stereocenters. The van der Waals surface area contributed by atoms with Crippen molar-refractivity contribution in [3.63, 3.8) is 0 Å². The van der Waals surface area contributed by atoms with E-state index < -0.39 is 46.0 Å². The number of ether oxygens (including phenoxy) is 4. The molecule has 2 saturated heterocycles. The second-order valence-electron chi connectivity index (χ2n) is 16.2. The zero-order valence-corrected chi connectivity index (χ0v) is 38.7. The Hall–Kier alpha value is -6.11. The summed E-state index contributed by atoms with van der Waals surface area (Å²) >= 11 is 12.2. The van der Waals surface area contributed by atoms with Gasteiger partial charge in [-0.3, -0.25) is 9.59 Å². The van der Waals surface area contributed by atoms with Crippen molar-refractivity contribution < 1.29 is 41.7 Å². The van der Waals surface area contributed by atoms with Gasteiger partial charge in [0.25, 0.3) is 0 Å². The van der Waals surface area contributed by atoms with E-state index in [1.807, 2.05) is 11.9 Å². The summed E-state index contributed by atoms with van der Waals surface area (Å²) in [5.41, 5.74) is -0.0622. The molecule has 67 heavy (non-hydrogen) atoms. The van der Waals surface area contributed by atoms with E-state index in [4.69, 9.17) is 42.1 Å². The van der Waals surface area contributed by atoms with Crippen LogP contribution in [-0.2, 0) is 9.47 Å². The number of rotatable bonds is 5. The number of esters is 2. The van der Waals surface area contributed by atoms with E-state index in [0.29, 0.717) is 51.5 Å². The Labute approximate surface area is 392 Å². The second-order valence-corrected chi connectivity index (χ2v) is 17.1. The molecule has 4 aliphatic rings. The highest BCUT2D eigenvalue weighted by Gasteiger charge is 2.32. The zero-order chi connectivity index (χ0) is 47.7. The van der Waals surface area contributed by atoms with Gasteiger partial charge in [-0.05, 0) is 96.8 Å². The van der Waals surface area contributed by atoms with E-state index >= 15 is 4.39 Å². The van der Waals surface area contributed by atoms with Crippen molar-refractivity contribution in [1.29, 1.82) is 0 Å². The van der Waals surface area contributed by atoms with Crippen LogP contribution in [0.3, 0.4) is 0 Å². The lowest BCUT2D eigenvalue weighted by molar-refractivity contribution is 0.0514. The molecule has 4 aromatic carbocycles. The molecule has 2 fully saturated rings. The Morgan fingerprint density at radius 3 is 1.76 bits per heavy atom. The third-order valence-electron chi connectivity index (χ3n) is 11.7. The van der Waals surface area contributed by atoms with Gasteiger partial charge in [-0.25, -0.2) is 18.4 Å². The predicted octanol–water partition coefficient (Wildman–Crippen LogP) is 8.32. The number of fused-ring (bicyclic) bond motifs is 4. The number of aromatic nitrogens is 2. The van der Waals surface area contributed by atoms with Crippen LogP contribution < -0.4 is 30.5 Å². The number of nitrogens with one attached hydrogen (secondary N) is 1. The van der Waals surface area contributed by atoms with Crippen molar-refractivity contribution in [1.82, 2.24) is 24.3 Å². The topological polar surface area (TPSA) is 137 Å². The number of pyridine rings is 2. The van der Waals surface area contributed by atoms with Crippen LogP contribution in [0.2, 0.25) is 10.0 Å². The van der Waals surface area contributed by atoms with Crippen LogP contribution in [0.4, 0.5) is 18.9 Å². The fourth-order valence-electron chi connectivity index (χ4n) is 8.40. The first kappa shape index (κ1) is 47.4. The Morgan fingerprint density at radius 1 is 0.657 bits per heavy atom. The fourth-order valence-corrected chi connectivity index (χ4v) is 8.72. The molecule has 0 spiro atoms. The first-order valence-electron chi connectivity index (χ1n) is 21.8. The number of likely N-dealkylation sites (N-methyl/N-ethyl adjacent to an activating group) is 2. The molecule has 0 bridgehead atoms. The molecule has 4 aliphatic heterocycles. The maximum atomic E-state index is 15.6. The molecule has 0 aliphatic carbocycles. The van der Waals surface area contributed by atoms with Crippen LogP contribution in [-0.4, -0.2) is 111 Å². The van der Waals surface area contributed by atoms with Gasteiger partial charge in [-0.15, -0.1) is 0 Å². The van der Waals surface area contributed by atoms with Gasteiger partial charge in [0.05, 0.1) is 35.4 Å². The molecule has 0 radical (unpaired) electrons. The summed E-state index contributed by atoms with van der Waals surface area (Å²) in [6.07, 6.45) is 4.85. The summed E-state index contributed by atoms with van der Waals surface area (Å²) in [6, 6.07) is 11.6. The lowest BCUT2D eigenvalue weighted by Gasteiger charge is -2.30. The highest BCUT2D eigenvalue weighted by atomic mass is 35.5. The van der Waals surface area contributed by atoms with E-state index in [1.54, 1.807) is 48.7 Å². The number of hydrogen-bond acceptors (Lipinski definition) is 12. The summed E-state index contributed by atoms with van der Waals surface area (Å²) in [5, 5.41) is 3.98. The van der Waals surface area contributed by atoms with E-state index in [-0.39, 0.29) is 52.1 Å². The van der Waals surface area contributed by atoms with Crippen LogP contribution in [0.5, 0.6) is 23.0 Å². The van der Waals surface area contributed by atoms with Gasteiger partial charge < -0.3 is 48.1 Å². The SMILES string of the molecule is CCOC(=O)c1cn2c3c(c(F)c(F)cc3c1=O)Oc1cc(Cl)ccc1-2.CCOC(=O)c1cn2c3c(c(N4CCCN(C)CC4)c(F)cc3c1=O)Oc1cc(Cl)ccc1-2.CN1CCCNCC1. The first-order valence-corrected chi connectivity index (χ1v) is 22.6. The van der Waals surface area contributed by atoms with Gasteiger partial charge in [0, 0.05) is 67.3 Å². The van der Waals surface area contributed by atoms with Crippen LogP contribution in [0.25, 0.3) is 33.2 Å². The van der Waals surface area contributed by atoms with Crippen molar-refractivity contribution >= 4 is 62.6 Å². The van der Waals surface area contributed by atoms with Crippen LogP contribution >= 0.6 is 23.2 Å². The van der Waals surface area contributed by atoms with Gasteiger partial charge in [0.15, 0.2) is 34.6 Å². The average Bonchev–Trinajstić information content (AvgIpc) is 3.68. The highest BCUT2D eigenvalue weighted by Crippen LogP contribution is 2.48. The van der Waals surface area contributed by atoms with Gasteiger partial charge in [-0.2, -0.15) is 4.39 Å². The van der Waals surface area contributed by atoms with Crippen molar-refractivity contribution in [3.8, 4) is 34.4 Å². The summed E-state index contributed by atoms with van der Waals surface area (Å²) in [4.78, 5) is 57.0. The van der Waals surface area contributed by atoms with Crippen molar-refractivity contribution in [2.24, 2.45) is 0 Å². The van der Waals surface area contributed by atoms with Gasteiger partial charge in [-0.1, -0.05) is 23.2 Å². The van der Waals surface area contributed by atoms with Gasteiger partial charge in [0.2, 0.25) is 16.7 Å². The Morgan fingerprint density at radius 2 is 1.18 bits per heavy atom. The molecule has 1 N–H and O–H groups in total. The lowest BCUT2D eigenvalue weighted by atomic mass is 10.1. The summed E-state index contributed by atoms with van der Waals surface area (Å²) in [6.45, 7) is 11.2. The molecule has 6 aromatic rings. The molecule has 0 saturated carbocycles. The largest absolute Gasteiger partial charge is 0.462 e. The summed E-state index contributed by atoms with van der Waals surface area (Å²) < 4.78 is 68.7. The molecular weight excluding hydrogens is 916 g/mol. The monoisotopic (exact) mass is 962 g/mol. The zero-order valence-electron chi connectivity index (χ0n) is 37.2. The van der Waals surface area contributed by atoms with E-state index in [1.165, 1.54) is 55.1 Å². The highest BCUT2D eigenvalue weighted by molar-refractivity contribution is 6.31. The Balaban J connectivity index is 0.000000159. The minimum absolute atomic E-state index is 0.0248. The number of carbonyl (C=O) groups is 2. The fraction of sp³-hybridized carbons (Fsp3) is 0.333. The quantitative estimate of drug-likeness (QED) is 0.166. The van der Waals surface area contributed by atoms with Gasteiger partial charge in [0.1, 0.15) is 27.8 Å². The minimum Gasteiger partial charge on any atom is -0.462 e. The van der Waals surface area contributed by atoms with E-state index in [2.05, 4.69) is 22.2 Å². The second kappa shape index (κ2) is 20.0. The standard InChI is InChI=1S/C24H23ClFN3O4.C18H10ClF2NO4.C6H14N2/c1-3-32-24(31)16-13-29-18-6-5-14(25)11-19(18)33-23-20(29)15(22(16)30)12-17(26)21(23)28-8-4-7-27(2)9-10-28;1-2-25-18(24)10-7-22-12-4-3-8(19)5-13(12)26-17-14(21)11(20)6-9(15(17)22)16(10)23;1-8-5-2-3-7-4-6-8/h5-6,11-13H,3-4,7-10H2,1-2H3;3-7H,2H2,1H3;7H,2-6H2,1H3. The molecule has 0 amide bonds. The molecule has 10 rings (SSSR count). The van der Waals surface area contributed by atoms with Crippen molar-refractivity contribution in [3.05, 3.63) is 120 Å². The van der Waals surface area contributed by atoms with Crippen LogP contribution in [0.1, 0.15) is 47.4 Å². The third-order valence-corrected chi connectivity index (χ3v) is 12.2. The molecule has 19 heteroatoms. The molecule has 6 heterocycles. The number of nitrogens with zero attached hydrogens (tertiary/aromatic N) is 5. The van der Waals surface area contributed by atoms with E-state index in [0.717, 1.165) is 32.1 Å². The molecular formula is C48H47Cl2F3N6O8. The minimum atomic E-state index is -1.26. The third kappa shape index (κ3) is 9.43. The molecule has 0 unspecified atom stereocenters. The van der Waals surface area contributed by atoms with Crippen molar-refractivity contribution in [2.45, 2.75) is 26.7 Å². The van der Waals surface area contributed by atoms with Crippen LogP contribution in [0, 0.1) is 17.5 Å². The van der Waals surface area contributed by atoms with Crippen molar-refractivity contribution in [2.75, 3.05) is 84.6 Å². The summed E-state index contributed by atoms with van der Waals surface area (Å²) in [5.74, 6) is -4.30. The Bertz CT molecular complexity index is 3050. The van der Waals surface area contributed by atoms with Crippen LogP contribution in [0.15, 0.2) is 70.5 Å². The molecule has 352 valence electrons. The molecule has 14 nitrogen and oxygen atoms in total. The summed E-state index contributed by atoms with van der Waals surface area (Å²) in [7, 11) is 4.21. The number of halogens is 5. The lowest BCUT2D eigenvalue weighted by Crippen LogP contribution is -2.30. The Kier molecular flexibility index (Phi) is 14.1.